The molecule has 3 aromatic rings. The summed E-state index contributed by atoms with van der Waals surface area (Å²) in [5.41, 5.74) is 2.16. The third kappa shape index (κ3) is 2.63. The summed E-state index contributed by atoms with van der Waals surface area (Å²) in [5, 5.41) is 12.5. The summed E-state index contributed by atoms with van der Waals surface area (Å²) in [6.45, 7) is 2.05. The fourth-order valence-electron chi connectivity index (χ4n) is 1.96. The molecule has 3 rings (SSSR count). The van der Waals surface area contributed by atoms with E-state index in [4.69, 9.17) is 0 Å². The molecule has 0 saturated carbocycles. The molecule has 0 aliphatic heterocycles. The Hall–Kier alpha value is -1.42. The maximum absolute atomic E-state index is 10.4. The van der Waals surface area contributed by atoms with Crippen molar-refractivity contribution in [2.75, 3.05) is 0 Å². The molecule has 0 fully saturated rings. The van der Waals surface area contributed by atoms with E-state index in [0.29, 0.717) is 0 Å². The van der Waals surface area contributed by atoms with Gasteiger partial charge in [0.15, 0.2) is 0 Å². The number of hydrogen-bond donors (Lipinski definition) is 1. The van der Waals surface area contributed by atoms with Crippen molar-refractivity contribution >= 4 is 22.7 Å². The van der Waals surface area contributed by atoms with Gasteiger partial charge in [-0.15, -0.1) is 22.7 Å². The van der Waals surface area contributed by atoms with E-state index in [9.17, 15) is 5.11 Å². The van der Waals surface area contributed by atoms with Gasteiger partial charge in [0, 0.05) is 14.6 Å². The van der Waals surface area contributed by atoms with Crippen molar-refractivity contribution in [3.63, 3.8) is 0 Å². The van der Waals surface area contributed by atoms with E-state index in [1.807, 2.05) is 30.3 Å². The zero-order valence-corrected chi connectivity index (χ0v) is 12.2. The summed E-state index contributed by atoms with van der Waals surface area (Å²) >= 11 is 3.39. The van der Waals surface area contributed by atoms with Crippen LogP contribution in [0.4, 0.5) is 0 Å². The first-order chi connectivity index (χ1) is 9.24. The van der Waals surface area contributed by atoms with Crippen LogP contribution in [-0.2, 0) is 0 Å². The normalized spacial score (nSPS) is 12.5. The van der Waals surface area contributed by atoms with E-state index in [-0.39, 0.29) is 0 Å². The SMILES string of the molecule is Cc1ccc(C(O)c2ccc(-c3cccs3)s2)cc1. The molecule has 0 amide bonds. The van der Waals surface area contributed by atoms with Crippen LogP contribution in [0.2, 0.25) is 0 Å². The number of aryl methyl sites for hydroxylation is 1. The van der Waals surface area contributed by atoms with Crippen LogP contribution in [0.1, 0.15) is 22.1 Å². The van der Waals surface area contributed by atoms with Crippen LogP contribution >= 0.6 is 22.7 Å². The van der Waals surface area contributed by atoms with Crippen LogP contribution < -0.4 is 0 Å². The van der Waals surface area contributed by atoms with Gasteiger partial charge in [-0.05, 0) is 36.1 Å². The molecule has 19 heavy (non-hydrogen) atoms. The molecule has 2 aromatic heterocycles. The average Bonchev–Trinajstić information content (AvgIpc) is 3.10. The molecular weight excluding hydrogens is 272 g/mol. The number of benzene rings is 1. The molecule has 0 radical (unpaired) electrons. The second kappa shape index (κ2) is 5.29. The number of thiophene rings is 2. The zero-order chi connectivity index (χ0) is 13.2. The molecule has 1 atom stereocenters. The van der Waals surface area contributed by atoms with Gasteiger partial charge in [-0.1, -0.05) is 35.9 Å². The number of hydrogen-bond acceptors (Lipinski definition) is 3. The van der Waals surface area contributed by atoms with E-state index < -0.39 is 6.10 Å². The van der Waals surface area contributed by atoms with Crippen molar-refractivity contribution in [3.05, 3.63) is 69.9 Å². The molecule has 1 unspecified atom stereocenters. The number of rotatable bonds is 3. The number of aliphatic hydroxyl groups is 1. The highest BCUT2D eigenvalue weighted by Crippen LogP contribution is 2.35. The summed E-state index contributed by atoms with van der Waals surface area (Å²) < 4.78 is 0. The van der Waals surface area contributed by atoms with Crippen molar-refractivity contribution in [3.8, 4) is 9.75 Å². The van der Waals surface area contributed by atoms with Gasteiger partial charge in [0.25, 0.3) is 0 Å². The predicted octanol–water partition coefficient (Wildman–Crippen LogP) is 4.87. The molecule has 96 valence electrons. The second-order valence-electron chi connectivity index (χ2n) is 4.49. The minimum absolute atomic E-state index is 0.528. The van der Waals surface area contributed by atoms with E-state index in [1.165, 1.54) is 15.3 Å². The van der Waals surface area contributed by atoms with Crippen LogP contribution in [0.3, 0.4) is 0 Å². The van der Waals surface area contributed by atoms with Gasteiger partial charge >= 0.3 is 0 Å². The molecular formula is C16H14OS2. The Balaban J connectivity index is 1.88. The molecule has 3 heteroatoms. The van der Waals surface area contributed by atoms with Crippen molar-refractivity contribution in [2.24, 2.45) is 0 Å². The van der Waals surface area contributed by atoms with Gasteiger partial charge in [0.2, 0.25) is 0 Å². The molecule has 1 aromatic carbocycles. The lowest BCUT2D eigenvalue weighted by molar-refractivity contribution is 0.224. The first-order valence-corrected chi connectivity index (χ1v) is 7.82. The molecule has 0 aliphatic carbocycles. The summed E-state index contributed by atoms with van der Waals surface area (Å²) in [6.07, 6.45) is -0.528. The maximum Gasteiger partial charge on any atom is 0.113 e. The second-order valence-corrected chi connectivity index (χ2v) is 6.56. The topological polar surface area (TPSA) is 20.2 Å². The van der Waals surface area contributed by atoms with Gasteiger partial charge < -0.3 is 5.11 Å². The highest BCUT2D eigenvalue weighted by atomic mass is 32.1. The molecule has 1 nitrogen and oxygen atoms in total. The Morgan fingerprint density at radius 2 is 1.74 bits per heavy atom. The minimum atomic E-state index is -0.528. The third-order valence-corrected chi connectivity index (χ3v) is 5.26. The molecule has 1 N–H and O–H groups in total. The molecule has 0 bridgehead atoms. The molecule has 0 saturated heterocycles. The van der Waals surface area contributed by atoms with Crippen LogP contribution in [0.25, 0.3) is 9.75 Å². The lowest BCUT2D eigenvalue weighted by Crippen LogP contribution is -1.96. The highest BCUT2D eigenvalue weighted by molar-refractivity contribution is 7.21. The van der Waals surface area contributed by atoms with Gasteiger partial charge in [-0.25, -0.2) is 0 Å². The molecule has 0 spiro atoms. The summed E-state index contributed by atoms with van der Waals surface area (Å²) in [5.74, 6) is 0. The van der Waals surface area contributed by atoms with Gasteiger partial charge in [-0.3, -0.25) is 0 Å². The Morgan fingerprint density at radius 3 is 2.42 bits per heavy atom. The van der Waals surface area contributed by atoms with Crippen LogP contribution in [0, 0.1) is 6.92 Å². The zero-order valence-electron chi connectivity index (χ0n) is 10.5. The lowest BCUT2D eigenvalue weighted by Gasteiger charge is -2.08. The summed E-state index contributed by atoms with van der Waals surface area (Å²) in [6, 6.07) is 16.3. The Kier molecular flexibility index (Phi) is 3.51. The minimum Gasteiger partial charge on any atom is -0.383 e. The third-order valence-electron chi connectivity index (χ3n) is 3.05. The van der Waals surface area contributed by atoms with Crippen LogP contribution in [-0.4, -0.2) is 5.11 Å². The fourth-order valence-corrected chi connectivity index (χ4v) is 3.82. The Morgan fingerprint density at radius 1 is 0.947 bits per heavy atom. The van der Waals surface area contributed by atoms with Gasteiger partial charge in [0.1, 0.15) is 6.10 Å². The van der Waals surface area contributed by atoms with Gasteiger partial charge in [-0.2, -0.15) is 0 Å². The van der Waals surface area contributed by atoms with E-state index >= 15 is 0 Å². The van der Waals surface area contributed by atoms with E-state index in [1.54, 1.807) is 22.7 Å². The lowest BCUT2D eigenvalue weighted by atomic mass is 10.1. The monoisotopic (exact) mass is 286 g/mol. The highest BCUT2D eigenvalue weighted by Gasteiger charge is 2.13. The van der Waals surface area contributed by atoms with Crippen molar-refractivity contribution < 1.29 is 5.11 Å². The largest absolute Gasteiger partial charge is 0.383 e. The Labute approximate surface area is 120 Å². The standard InChI is InChI=1S/C16H14OS2/c1-11-4-6-12(7-5-11)16(17)15-9-8-14(19-15)13-3-2-10-18-13/h2-10,16-17H,1H3. The predicted molar refractivity (Wildman–Crippen MR) is 82.9 cm³/mol. The first-order valence-electron chi connectivity index (χ1n) is 6.12. The van der Waals surface area contributed by atoms with Crippen molar-refractivity contribution in [2.45, 2.75) is 13.0 Å². The smallest absolute Gasteiger partial charge is 0.113 e. The van der Waals surface area contributed by atoms with E-state index in [2.05, 4.69) is 30.5 Å². The summed E-state index contributed by atoms with van der Waals surface area (Å²) in [4.78, 5) is 3.47. The Bertz CT molecular complexity index is 650. The van der Waals surface area contributed by atoms with Crippen LogP contribution in [0.5, 0.6) is 0 Å². The van der Waals surface area contributed by atoms with Gasteiger partial charge in [0.05, 0.1) is 0 Å². The summed E-state index contributed by atoms with van der Waals surface area (Å²) in [7, 11) is 0. The molecule has 2 heterocycles. The quantitative estimate of drug-likeness (QED) is 0.728. The van der Waals surface area contributed by atoms with E-state index in [0.717, 1.165) is 10.4 Å². The maximum atomic E-state index is 10.4. The van der Waals surface area contributed by atoms with Crippen molar-refractivity contribution in [1.82, 2.24) is 0 Å². The number of aliphatic hydroxyl groups excluding tert-OH is 1. The van der Waals surface area contributed by atoms with Crippen molar-refractivity contribution in [1.29, 1.82) is 0 Å². The fraction of sp³-hybridized carbons (Fsp3) is 0.125. The van der Waals surface area contributed by atoms with Crippen LogP contribution in [0.15, 0.2) is 53.9 Å². The first kappa shape index (κ1) is 12.6. The average molecular weight is 286 g/mol. The molecule has 0 aliphatic rings.